The highest BCUT2D eigenvalue weighted by Gasteiger charge is 2.41. The molecule has 0 aromatic rings. The second kappa shape index (κ2) is 6.57. The highest BCUT2D eigenvalue weighted by atomic mass is 16.5. The maximum absolute atomic E-state index is 12.5. The highest BCUT2D eigenvalue weighted by Crippen LogP contribution is 2.24. The van der Waals surface area contributed by atoms with Crippen molar-refractivity contribution in [1.82, 2.24) is 10.2 Å². The first-order valence-corrected chi connectivity index (χ1v) is 7.73. The van der Waals surface area contributed by atoms with Crippen LogP contribution >= 0.6 is 0 Å². The zero-order valence-corrected chi connectivity index (χ0v) is 12.7. The summed E-state index contributed by atoms with van der Waals surface area (Å²) >= 11 is 0. The SMILES string of the molecule is CCC(C)C1C(=O)NC(C)C(=O)N1CC1CCOCC1. The molecule has 0 bridgehead atoms. The molecule has 2 rings (SSSR count). The number of amides is 2. The molecule has 1 N–H and O–H groups in total. The van der Waals surface area contributed by atoms with E-state index in [-0.39, 0.29) is 23.8 Å². The molecule has 5 nitrogen and oxygen atoms in total. The van der Waals surface area contributed by atoms with Crippen molar-refractivity contribution in [3.8, 4) is 0 Å². The van der Waals surface area contributed by atoms with Crippen LogP contribution in [0.1, 0.15) is 40.0 Å². The lowest BCUT2D eigenvalue weighted by atomic mass is 9.91. The second-order valence-corrected chi connectivity index (χ2v) is 6.11. The quantitative estimate of drug-likeness (QED) is 0.842. The summed E-state index contributed by atoms with van der Waals surface area (Å²) in [6, 6.07) is -0.714. The third-order valence-electron chi connectivity index (χ3n) is 4.60. The lowest BCUT2D eigenvalue weighted by molar-refractivity contribution is -0.152. The van der Waals surface area contributed by atoms with Gasteiger partial charge in [0.1, 0.15) is 12.1 Å². The van der Waals surface area contributed by atoms with Crippen LogP contribution in [-0.2, 0) is 14.3 Å². The summed E-state index contributed by atoms with van der Waals surface area (Å²) in [6.45, 7) is 8.10. The molecule has 2 amide bonds. The molecule has 0 aliphatic carbocycles. The Morgan fingerprint density at radius 3 is 2.60 bits per heavy atom. The number of ether oxygens (including phenoxy) is 1. The summed E-state index contributed by atoms with van der Waals surface area (Å²) in [5.74, 6) is 0.698. The molecule has 2 saturated heterocycles. The van der Waals surface area contributed by atoms with Gasteiger partial charge in [-0.1, -0.05) is 20.3 Å². The average molecular weight is 282 g/mol. The lowest BCUT2D eigenvalue weighted by Crippen LogP contribution is -2.65. The smallest absolute Gasteiger partial charge is 0.245 e. The minimum atomic E-state index is -0.400. The van der Waals surface area contributed by atoms with Crippen LogP contribution in [0.4, 0.5) is 0 Å². The minimum absolute atomic E-state index is 0.00138. The lowest BCUT2D eigenvalue weighted by Gasteiger charge is -2.42. The van der Waals surface area contributed by atoms with Crippen molar-refractivity contribution >= 4 is 11.8 Å². The first kappa shape index (κ1) is 15.3. The summed E-state index contributed by atoms with van der Waals surface area (Å²) in [5.41, 5.74) is 0. The predicted molar refractivity (Wildman–Crippen MR) is 76.1 cm³/mol. The molecular weight excluding hydrogens is 256 g/mol. The van der Waals surface area contributed by atoms with Gasteiger partial charge in [-0.2, -0.15) is 0 Å². The Morgan fingerprint density at radius 1 is 1.35 bits per heavy atom. The summed E-state index contributed by atoms with van der Waals surface area (Å²) in [6.07, 6.45) is 2.85. The van der Waals surface area contributed by atoms with E-state index in [0.717, 1.165) is 32.5 Å². The normalized spacial score (nSPS) is 30.2. The molecule has 3 atom stereocenters. The van der Waals surface area contributed by atoms with Gasteiger partial charge >= 0.3 is 0 Å². The molecule has 3 unspecified atom stereocenters. The number of hydrogen-bond donors (Lipinski definition) is 1. The van der Waals surface area contributed by atoms with Crippen LogP contribution in [-0.4, -0.2) is 48.6 Å². The van der Waals surface area contributed by atoms with Crippen molar-refractivity contribution in [2.75, 3.05) is 19.8 Å². The standard InChI is InChI=1S/C15H26N2O3/c1-4-10(2)13-14(18)16-11(3)15(19)17(13)9-12-5-7-20-8-6-12/h10-13H,4-9H2,1-3H3,(H,16,18). The van der Waals surface area contributed by atoms with Crippen LogP contribution in [0, 0.1) is 11.8 Å². The fourth-order valence-electron chi connectivity index (χ4n) is 3.09. The Balaban J connectivity index is 2.13. The van der Waals surface area contributed by atoms with E-state index in [1.165, 1.54) is 0 Å². The first-order valence-electron chi connectivity index (χ1n) is 7.73. The number of hydrogen-bond acceptors (Lipinski definition) is 3. The van der Waals surface area contributed by atoms with Gasteiger partial charge in [-0.05, 0) is 31.6 Å². The second-order valence-electron chi connectivity index (χ2n) is 6.11. The fourth-order valence-corrected chi connectivity index (χ4v) is 3.09. The maximum atomic E-state index is 12.5. The van der Waals surface area contributed by atoms with Gasteiger partial charge in [0.05, 0.1) is 0 Å². The molecule has 114 valence electrons. The van der Waals surface area contributed by atoms with E-state index in [1.807, 2.05) is 11.8 Å². The predicted octanol–water partition coefficient (Wildman–Crippen LogP) is 1.17. The number of nitrogens with zero attached hydrogens (tertiary/aromatic N) is 1. The van der Waals surface area contributed by atoms with Gasteiger partial charge in [0.25, 0.3) is 0 Å². The largest absolute Gasteiger partial charge is 0.381 e. The fraction of sp³-hybridized carbons (Fsp3) is 0.867. The van der Waals surface area contributed by atoms with Crippen molar-refractivity contribution in [2.24, 2.45) is 11.8 Å². The van der Waals surface area contributed by atoms with Gasteiger partial charge in [-0.25, -0.2) is 0 Å². The summed E-state index contributed by atoms with van der Waals surface area (Å²) < 4.78 is 5.37. The van der Waals surface area contributed by atoms with Gasteiger partial charge in [0.2, 0.25) is 11.8 Å². The molecule has 0 aromatic carbocycles. The van der Waals surface area contributed by atoms with Crippen molar-refractivity contribution in [1.29, 1.82) is 0 Å². The maximum Gasteiger partial charge on any atom is 0.245 e. The number of nitrogens with one attached hydrogen (secondary N) is 1. The Kier molecular flexibility index (Phi) is 5.02. The molecule has 2 fully saturated rings. The van der Waals surface area contributed by atoms with E-state index in [1.54, 1.807) is 6.92 Å². The van der Waals surface area contributed by atoms with Crippen molar-refractivity contribution in [3.63, 3.8) is 0 Å². The summed E-state index contributed by atoms with van der Waals surface area (Å²) in [4.78, 5) is 26.6. The molecule has 5 heteroatoms. The molecule has 0 saturated carbocycles. The van der Waals surface area contributed by atoms with Crippen LogP contribution in [0.5, 0.6) is 0 Å². The van der Waals surface area contributed by atoms with E-state index in [0.29, 0.717) is 12.5 Å². The number of carbonyl (C=O) groups excluding carboxylic acids is 2. The van der Waals surface area contributed by atoms with Crippen LogP contribution in [0.15, 0.2) is 0 Å². The molecule has 0 radical (unpaired) electrons. The van der Waals surface area contributed by atoms with Crippen LogP contribution in [0.2, 0.25) is 0 Å². The molecule has 0 aromatic heterocycles. The van der Waals surface area contributed by atoms with Crippen molar-refractivity contribution in [2.45, 2.75) is 52.1 Å². The van der Waals surface area contributed by atoms with Gasteiger partial charge in [-0.3, -0.25) is 9.59 Å². The van der Waals surface area contributed by atoms with E-state index in [4.69, 9.17) is 4.74 Å². The van der Waals surface area contributed by atoms with Crippen LogP contribution < -0.4 is 5.32 Å². The molecule has 2 heterocycles. The summed E-state index contributed by atoms with van der Waals surface area (Å²) in [5, 5.41) is 2.81. The zero-order valence-electron chi connectivity index (χ0n) is 12.7. The number of carbonyl (C=O) groups is 2. The van der Waals surface area contributed by atoms with E-state index in [9.17, 15) is 9.59 Å². The minimum Gasteiger partial charge on any atom is -0.381 e. The number of rotatable bonds is 4. The van der Waals surface area contributed by atoms with Crippen LogP contribution in [0.25, 0.3) is 0 Å². The van der Waals surface area contributed by atoms with E-state index in [2.05, 4.69) is 12.2 Å². The van der Waals surface area contributed by atoms with Gasteiger partial charge in [0, 0.05) is 19.8 Å². The van der Waals surface area contributed by atoms with E-state index >= 15 is 0 Å². The molecule has 0 spiro atoms. The molecule has 20 heavy (non-hydrogen) atoms. The van der Waals surface area contributed by atoms with Crippen molar-refractivity contribution in [3.05, 3.63) is 0 Å². The average Bonchev–Trinajstić information content (AvgIpc) is 2.45. The van der Waals surface area contributed by atoms with Crippen LogP contribution in [0.3, 0.4) is 0 Å². The molecule has 2 aliphatic heterocycles. The molecule has 2 aliphatic rings. The number of piperazine rings is 1. The third-order valence-corrected chi connectivity index (χ3v) is 4.60. The zero-order chi connectivity index (χ0) is 14.7. The van der Waals surface area contributed by atoms with Gasteiger partial charge < -0.3 is 15.0 Å². The third kappa shape index (κ3) is 3.14. The van der Waals surface area contributed by atoms with Gasteiger partial charge in [-0.15, -0.1) is 0 Å². The van der Waals surface area contributed by atoms with E-state index < -0.39 is 6.04 Å². The Morgan fingerprint density at radius 2 is 2.00 bits per heavy atom. The van der Waals surface area contributed by atoms with Gasteiger partial charge in [0.15, 0.2) is 0 Å². The Labute approximate surface area is 121 Å². The Bertz CT molecular complexity index is 366. The molecular formula is C15H26N2O3. The summed E-state index contributed by atoms with van der Waals surface area (Å²) in [7, 11) is 0. The van der Waals surface area contributed by atoms with Crippen molar-refractivity contribution < 1.29 is 14.3 Å². The first-order chi connectivity index (χ1) is 9.54. The monoisotopic (exact) mass is 282 g/mol. The Hall–Kier alpha value is -1.10. The topological polar surface area (TPSA) is 58.6 Å². The highest BCUT2D eigenvalue weighted by molar-refractivity contribution is 5.96.